The summed E-state index contributed by atoms with van der Waals surface area (Å²) in [6.07, 6.45) is 4.59. The number of hydrogen-bond acceptors (Lipinski definition) is 4. The van der Waals surface area contributed by atoms with Gasteiger partial charge in [0.2, 0.25) is 0 Å². The summed E-state index contributed by atoms with van der Waals surface area (Å²) < 4.78 is 13.7. The van der Waals surface area contributed by atoms with Gasteiger partial charge in [-0.25, -0.2) is 4.39 Å². The highest BCUT2D eigenvalue weighted by Gasteiger charge is 2.28. The quantitative estimate of drug-likeness (QED) is 0.233. The van der Waals surface area contributed by atoms with Gasteiger partial charge in [-0.1, -0.05) is 78.9 Å². The predicted molar refractivity (Wildman–Crippen MR) is 190 cm³/mol. The Morgan fingerprint density at radius 3 is 1.84 bits per heavy atom. The van der Waals surface area contributed by atoms with Crippen molar-refractivity contribution in [1.29, 1.82) is 0 Å². The predicted octanol–water partition coefficient (Wildman–Crippen LogP) is 7.58. The van der Waals surface area contributed by atoms with Crippen LogP contribution in [0.2, 0.25) is 0 Å². The monoisotopic (exact) mass is 670 g/mol. The van der Waals surface area contributed by atoms with Gasteiger partial charge in [0, 0.05) is 77.5 Å². The van der Waals surface area contributed by atoms with E-state index < -0.39 is 0 Å². The van der Waals surface area contributed by atoms with Gasteiger partial charge in [0.15, 0.2) is 0 Å². The molecule has 0 saturated carbocycles. The fourth-order valence-electron chi connectivity index (χ4n) is 5.93. The van der Waals surface area contributed by atoms with Gasteiger partial charge in [0.25, 0.3) is 0 Å². The first kappa shape index (κ1) is 39.4. The first-order chi connectivity index (χ1) is 19.1. The Morgan fingerprint density at radius 2 is 1.21 bits per heavy atom. The van der Waals surface area contributed by atoms with E-state index >= 15 is 0 Å². The highest BCUT2D eigenvalue weighted by Crippen LogP contribution is 2.26. The molecule has 0 aliphatic carbocycles. The molecule has 0 spiro atoms. The molecule has 1 atom stereocenters. The Morgan fingerprint density at radius 1 is 0.651 bits per heavy atom. The molecule has 0 N–H and O–H groups in total. The van der Waals surface area contributed by atoms with Crippen LogP contribution < -0.4 is 0 Å². The Kier molecular flexibility index (Phi) is 18.0. The normalized spacial score (nSPS) is 17.4. The zero-order valence-corrected chi connectivity index (χ0v) is 28.5. The molecule has 4 nitrogen and oxygen atoms in total. The zero-order valence-electron chi connectivity index (χ0n) is 25.2. The van der Waals surface area contributed by atoms with Crippen LogP contribution in [0.1, 0.15) is 31.0 Å². The number of hydrogen-bond donors (Lipinski definition) is 0. The van der Waals surface area contributed by atoms with E-state index in [9.17, 15) is 4.39 Å². The lowest BCUT2D eigenvalue weighted by molar-refractivity contribution is 0.0496. The molecule has 2 aliphatic rings. The van der Waals surface area contributed by atoms with Crippen molar-refractivity contribution in [3.63, 3.8) is 0 Å². The van der Waals surface area contributed by atoms with Gasteiger partial charge < -0.3 is 0 Å². The van der Waals surface area contributed by atoms with Crippen molar-refractivity contribution in [2.75, 3.05) is 65.4 Å². The van der Waals surface area contributed by atoms with Crippen molar-refractivity contribution in [1.82, 2.24) is 19.6 Å². The van der Waals surface area contributed by atoms with E-state index in [1.165, 1.54) is 22.3 Å². The topological polar surface area (TPSA) is 13.0 Å². The minimum atomic E-state index is -0.157. The smallest absolute Gasteiger partial charge is 0.123 e. The van der Waals surface area contributed by atoms with Crippen molar-refractivity contribution in [3.05, 3.63) is 102 Å². The SMILES string of the molecule is CC(C)N1CCN(C(CN2CCN(C/C=C/c3ccccc3-c3ccccc3)CC2)c2ccc(F)cc2)CC1.Cl.Cl.Cl.Cl. The molecule has 2 aliphatic heterocycles. The number of piperazine rings is 2. The molecule has 0 radical (unpaired) electrons. The van der Waals surface area contributed by atoms with Crippen LogP contribution in [-0.2, 0) is 0 Å². The fraction of sp³-hybridized carbons (Fsp3) is 0.412. The van der Waals surface area contributed by atoms with E-state index in [4.69, 9.17) is 0 Å². The molecule has 0 bridgehead atoms. The maximum Gasteiger partial charge on any atom is 0.123 e. The highest BCUT2D eigenvalue weighted by atomic mass is 35.5. The van der Waals surface area contributed by atoms with Gasteiger partial charge in [-0.15, -0.1) is 49.6 Å². The summed E-state index contributed by atoms with van der Waals surface area (Å²) in [5.41, 5.74) is 5.03. The van der Waals surface area contributed by atoms with Crippen molar-refractivity contribution < 1.29 is 4.39 Å². The van der Waals surface area contributed by atoms with Crippen molar-refractivity contribution in [2.45, 2.75) is 25.9 Å². The third-order valence-electron chi connectivity index (χ3n) is 8.38. The summed E-state index contributed by atoms with van der Waals surface area (Å²) in [6.45, 7) is 15.1. The van der Waals surface area contributed by atoms with Crippen LogP contribution in [0.25, 0.3) is 17.2 Å². The lowest BCUT2D eigenvalue weighted by atomic mass is 9.99. The van der Waals surface area contributed by atoms with E-state index in [1.807, 2.05) is 12.1 Å². The van der Waals surface area contributed by atoms with Gasteiger partial charge in [-0.3, -0.25) is 19.6 Å². The molecule has 0 amide bonds. The van der Waals surface area contributed by atoms with Gasteiger partial charge in [0.05, 0.1) is 0 Å². The second-order valence-electron chi connectivity index (χ2n) is 11.2. The Balaban J connectivity index is 0.00000231. The summed E-state index contributed by atoms with van der Waals surface area (Å²) in [5, 5.41) is 0. The second kappa shape index (κ2) is 19.7. The third-order valence-corrected chi connectivity index (χ3v) is 8.38. The molecule has 2 saturated heterocycles. The van der Waals surface area contributed by atoms with Gasteiger partial charge in [0.1, 0.15) is 5.82 Å². The third kappa shape index (κ3) is 11.0. The van der Waals surface area contributed by atoms with Crippen LogP contribution in [0.4, 0.5) is 4.39 Å². The Bertz CT molecular complexity index is 1200. The number of rotatable bonds is 9. The highest BCUT2D eigenvalue weighted by molar-refractivity contribution is 5.86. The van der Waals surface area contributed by atoms with E-state index in [2.05, 4.69) is 100 Å². The van der Waals surface area contributed by atoms with E-state index in [0.717, 1.165) is 65.4 Å². The molecule has 1 unspecified atom stereocenters. The van der Waals surface area contributed by atoms with Crippen molar-refractivity contribution in [2.24, 2.45) is 0 Å². The average molecular weight is 673 g/mol. The lowest BCUT2D eigenvalue weighted by Gasteiger charge is -2.43. The number of halogens is 5. The zero-order chi connectivity index (χ0) is 27.0. The molecule has 43 heavy (non-hydrogen) atoms. The van der Waals surface area contributed by atoms with E-state index in [0.29, 0.717) is 12.1 Å². The van der Waals surface area contributed by atoms with Crippen LogP contribution >= 0.6 is 49.6 Å². The molecular formula is C34H47Cl4FN4. The summed E-state index contributed by atoms with van der Waals surface area (Å²) in [7, 11) is 0. The number of nitrogens with zero attached hydrogens (tertiary/aromatic N) is 4. The second-order valence-corrected chi connectivity index (χ2v) is 11.2. The van der Waals surface area contributed by atoms with E-state index in [-0.39, 0.29) is 55.4 Å². The Labute approximate surface area is 283 Å². The maximum absolute atomic E-state index is 13.7. The molecule has 2 fully saturated rings. The lowest BCUT2D eigenvalue weighted by Crippen LogP contribution is -2.53. The largest absolute Gasteiger partial charge is 0.299 e. The average Bonchev–Trinajstić information content (AvgIpc) is 2.98. The molecule has 0 aromatic heterocycles. The van der Waals surface area contributed by atoms with Crippen molar-refractivity contribution in [3.8, 4) is 11.1 Å². The first-order valence-electron chi connectivity index (χ1n) is 14.6. The minimum Gasteiger partial charge on any atom is -0.299 e. The van der Waals surface area contributed by atoms with Gasteiger partial charge >= 0.3 is 0 Å². The van der Waals surface area contributed by atoms with Gasteiger partial charge in [-0.2, -0.15) is 0 Å². The summed E-state index contributed by atoms with van der Waals surface area (Å²) in [4.78, 5) is 10.3. The molecule has 238 valence electrons. The molecule has 9 heteroatoms. The molecule has 3 aromatic rings. The maximum atomic E-state index is 13.7. The van der Waals surface area contributed by atoms with Crippen LogP contribution in [0.3, 0.4) is 0 Å². The van der Waals surface area contributed by atoms with Crippen LogP contribution in [0.15, 0.2) is 84.9 Å². The summed E-state index contributed by atoms with van der Waals surface area (Å²) in [5.74, 6) is -0.157. The first-order valence-corrected chi connectivity index (χ1v) is 14.6. The number of benzene rings is 3. The van der Waals surface area contributed by atoms with Crippen molar-refractivity contribution >= 4 is 55.7 Å². The fourth-order valence-corrected chi connectivity index (χ4v) is 5.93. The standard InChI is InChI=1S/C34H43FN4.4ClH/c1-28(2)38-23-25-39(26-24-38)34(31-14-16-32(35)17-15-31)27-37-21-19-36(20-22-37)18-8-12-30-11-6-7-13-33(30)29-9-4-3-5-10-29;;;;/h3-17,28,34H,18-27H2,1-2H3;4*1H/b12-8+;;;;. The van der Waals surface area contributed by atoms with E-state index in [1.54, 1.807) is 12.1 Å². The Hall–Kier alpha value is -1.67. The molecule has 5 rings (SSSR count). The minimum absolute atomic E-state index is 0. The molecule has 3 aromatic carbocycles. The van der Waals surface area contributed by atoms with Gasteiger partial charge in [-0.05, 0) is 48.2 Å². The summed E-state index contributed by atoms with van der Waals surface area (Å²) >= 11 is 0. The summed E-state index contributed by atoms with van der Waals surface area (Å²) in [6, 6.07) is 27.4. The molecular weight excluding hydrogens is 625 g/mol. The van der Waals surface area contributed by atoms with Crippen LogP contribution in [0, 0.1) is 5.82 Å². The molecule has 2 heterocycles. The van der Waals surface area contributed by atoms with Crippen LogP contribution in [0.5, 0.6) is 0 Å². The van der Waals surface area contributed by atoms with Crippen LogP contribution in [-0.4, -0.2) is 91.1 Å².